The molecular formula is C30H37F3N6O4. The van der Waals surface area contributed by atoms with Crippen molar-refractivity contribution in [2.24, 2.45) is 0 Å². The van der Waals surface area contributed by atoms with Crippen LogP contribution in [0, 0.1) is 0 Å². The van der Waals surface area contributed by atoms with Crippen LogP contribution in [0.1, 0.15) is 62.5 Å². The zero-order chi connectivity index (χ0) is 30.9. The number of ether oxygens (including phenoxy) is 2. The van der Waals surface area contributed by atoms with Gasteiger partial charge in [-0.05, 0) is 70.2 Å². The molecule has 1 fully saturated rings. The smallest absolute Gasteiger partial charge is 0.421 e. The summed E-state index contributed by atoms with van der Waals surface area (Å²) in [5.74, 6) is 0.743. The first-order chi connectivity index (χ1) is 20.3. The minimum atomic E-state index is -4.81. The molecular weight excluding hydrogens is 565 g/mol. The van der Waals surface area contributed by atoms with Crippen LogP contribution in [0.15, 0.2) is 41.2 Å². The molecule has 5 rings (SSSR count). The van der Waals surface area contributed by atoms with Crippen molar-refractivity contribution >= 4 is 11.9 Å². The van der Waals surface area contributed by atoms with Crippen LogP contribution in [0.5, 0.6) is 5.75 Å². The zero-order valence-electron chi connectivity index (χ0n) is 24.9. The number of nitrogens with zero attached hydrogens (tertiary/aromatic N) is 6. The number of anilines is 1. The van der Waals surface area contributed by atoms with Gasteiger partial charge in [0.1, 0.15) is 22.7 Å². The summed E-state index contributed by atoms with van der Waals surface area (Å²) in [6, 6.07) is 9.57. The first-order valence-corrected chi connectivity index (χ1v) is 14.4. The van der Waals surface area contributed by atoms with Crippen molar-refractivity contribution in [1.82, 2.24) is 24.5 Å². The molecule has 10 nitrogen and oxygen atoms in total. The maximum atomic E-state index is 14.0. The monoisotopic (exact) mass is 602 g/mol. The molecule has 13 heteroatoms. The number of fused-ring (bicyclic) bond motifs is 1. The second kappa shape index (κ2) is 11.9. The molecule has 0 aliphatic carbocycles. The molecule has 0 radical (unpaired) electrons. The van der Waals surface area contributed by atoms with Gasteiger partial charge in [-0.1, -0.05) is 12.1 Å². The van der Waals surface area contributed by atoms with Gasteiger partial charge in [0, 0.05) is 25.2 Å². The average Bonchev–Trinajstić information content (AvgIpc) is 3.58. The van der Waals surface area contributed by atoms with E-state index in [1.807, 2.05) is 36.4 Å². The number of methoxy groups -OCH3 is 1. The fourth-order valence-corrected chi connectivity index (χ4v) is 5.56. The number of alkyl halides is 3. The molecule has 43 heavy (non-hydrogen) atoms. The summed E-state index contributed by atoms with van der Waals surface area (Å²) in [5, 5.41) is 9.11. The third-order valence-corrected chi connectivity index (χ3v) is 7.66. The van der Waals surface area contributed by atoms with E-state index >= 15 is 0 Å². The van der Waals surface area contributed by atoms with Crippen molar-refractivity contribution in [3.8, 4) is 5.75 Å². The molecule has 4 heterocycles. The molecule has 3 aromatic rings. The molecule has 2 aromatic heterocycles. The predicted molar refractivity (Wildman–Crippen MR) is 153 cm³/mol. The SMILES string of the molecule is COc1ccc(Cn2nc(N3CCCC3CCc3cc4n(n3)CCN(C(=O)OC(C)(C)C)C4)cc(C(F)(F)F)c2=O)cc1. The van der Waals surface area contributed by atoms with Gasteiger partial charge in [-0.15, -0.1) is 0 Å². The second-order valence-corrected chi connectivity index (χ2v) is 12.0. The second-order valence-electron chi connectivity index (χ2n) is 12.0. The van der Waals surface area contributed by atoms with Crippen LogP contribution in [-0.4, -0.2) is 62.4 Å². The highest BCUT2D eigenvalue weighted by Gasteiger charge is 2.37. The Balaban J connectivity index is 1.31. The number of aryl methyl sites for hydroxylation is 1. The Morgan fingerprint density at radius 2 is 1.79 bits per heavy atom. The Hall–Kier alpha value is -4.03. The summed E-state index contributed by atoms with van der Waals surface area (Å²) in [7, 11) is 1.52. The van der Waals surface area contributed by atoms with Crippen molar-refractivity contribution in [2.75, 3.05) is 25.1 Å². The van der Waals surface area contributed by atoms with E-state index in [-0.39, 0.29) is 24.5 Å². The molecule has 0 spiro atoms. The topological polar surface area (TPSA) is 94.7 Å². The van der Waals surface area contributed by atoms with Gasteiger partial charge in [-0.25, -0.2) is 9.48 Å². The van der Waals surface area contributed by atoms with Crippen molar-refractivity contribution in [3.63, 3.8) is 0 Å². The quantitative estimate of drug-likeness (QED) is 0.381. The van der Waals surface area contributed by atoms with Crippen LogP contribution in [0.2, 0.25) is 0 Å². The summed E-state index contributed by atoms with van der Waals surface area (Å²) in [6.45, 7) is 7.40. The Morgan fingerprint density at radius 3 is 2.47 bits per heavy atom. The fourth-order valence-electron chi connectivity index (χ4n) is 5.56. The standard InChI is InChI=1S/C30H37F3N6O4/c1-29(2,3)43-28(41)36-14-15-38-23(19-36)16-21(34-38)9-10-22-6-5-13-37(22)26-17-25(30(31,32)33)27(40)39(35-26)18-20-7-11-24(42-4)12-8-20/h7-8,11-12,16-17,22H,5-6,9-10,13-15,18-19H2,1-4H3. The van der Waals surface area contributed by atoms with Crippen molar-refractivity contribution in [1.29, 1.82) is 0 Å². The van der Waals surface area contributed by atoms with Crippen LogP contribution in [0.4, 0.5) is 23.8 Å². The van der Waals surface area contributed by atoms with E-state index in [0.717, 1.165) is 35.0 Å². The highest BCUT2D eigenvalue weighted by atomic mass is 19.4. The average molecular weight is 603 g/mol. The van der Waals surface area contributed by atoms with Gasteiger partial charge in [0.05, 0.1) is 38.1 Å². The van der Waals surface area contributed by atoms with Gasteiger partial charge in [-0.2, -0.15) is 23.4 Å². The lowest BCUT2D eigenvalue weighted by molar-refractivity contribution is -0.139. The maximum absolute atomic E-state index is 14.0. The molecule has 232 valence electrons. The number of amides is 1. The van der Waals surface area contributed by atoms with Gasteiger partial charge in [0.2, 0.25) is 0 Å². The molecule has 1 saturated heterocycles. The molecule has 0 saturated carbocycles. The molecule has 0 N–H and O–H groups in total. The summed E-state index contributed by atoms with van der Waals surface area (Å²) < 4.78 is 55.3. The molecule has 1 aromatic carbocycles. The highest BCUT2D eigenvalue weighted by Crippen LogP contribution is 2.32. The van der Waals surface area contributed by atoms with Crippen molar-refractivity contribution in [3.05, 3.63) is 69.3 Å². The lowest BCUT2D eigenvalue weighted by Crippen LogP contribution is -2.41. The van der Waals surface area contributed by atoms with E-state index in [1.54, 1.807) is 29.2 Å². The normalized spacial score (nSPS) is 17.2. The number of benzene rings is 1. The lowest BCUT2D eigenvalue weighted by atomic mass is 10.1. The minimum absolute atomic E-state index is 0.0579. The Morgan fingerprint density at radius 1 is 1.05 bits per heavy atom. The number of carbonyl (C=O) groups excluding carboxylic acids is 1. The van der Waals surface area contributed by atoms with Crippen LogP contribution >= 0.6 is 0 Å². The van der Waals surface area contributed by atoms with Crippen LogP contribution in [-0.2, 0) is 37.0 Å². The predicted octanol–water partition coefficient (Wildman–Crippen LogP) is 4.87. The van der Waals surface area contributed by atoms with E-state index in [9.17, 15) is 22.8 Å². The molecule has 1 atom stereocenters. The number of carbonyl (C=O) groups is 1. The highest BCUT2D eigenvalue weighted by molar-refractivity contribution is 5.68. The summed E-state index contributed by atoms with van der Waals surface area (Å²) >= 11 is 0. The van der Waals surface area contributed by atoms with Gasteiger partial charge in [-0.3, -0.25) is 9.48 Å². The molecule has 0 bridgehead atoms. The van der Waals surface area contributed by atoms with Crippen molar-refractivity contribution < 1.29 is 27.4 Å². The van der Waals surface area contributed by atoms with E-state index in [0.29, 0.717) is 50.3 Å². The van der Waals surface area contributed by atoms with E-state index in [4.69, 9.17) is 14.6 Å². The van der Waals surface area contributed by atoms with Crippen LogP contribution in [0.25, 0.3) is 0 Å². The number of rotatable bonds is 7. The van der Waals surface area contributed by atoms with Gasteiger partial charge >= 0.3 is 12.3 Å². The van der Waals surface area contributed by atoms with E-state index in [1.165, 1.54) is 7.11 Å². The minimum Gasteiger partial charge on any atom is -0.497 e. The first-order valence-electron chi connectivity index (χ1n) is 14.4. The van der Waals surface area contributed by atoms with Gasteiger partial charge < -0.3 is 19.3 Å². The summed E-state index contributed by atoms with van der Waals surface area (Å²) in [6.07, 6.45) is -2.30. The first kappa shape index (κ1) is 30.4. The largest absolute Gasteiger partial charge is 0.497 e. The van der Waals surface area contributed by atoms with Gasteiger partial charge in [0.15, 0.2) is 0 Å². The fraction of sp³-hybridized carbons (Fsp3) is 0.533. The molecule has 1 amide bonds. The summed E-state index contributed by atoms with van der Waals surface area (Å²) in [4.78, 5) is 28.9. The lowest BCUT2D eigenvalue weighted by Gasteiger charge is -2.30. The molecule has 2 aliphatic rings. The van der Waals surface area contributed by atoms with Crippen molar-refractivity contribution in [2.45, 2.75) is 83.9 Å². The van der Waals surface area contributed by atoms with E-state index in [2.05, 4.69) is 5.10 Å². The Labute approximate surface area is 248 Å². The Bertz CT molecular complexity index is 1510. The third-order valence-electron chi connectivity index (χ3n) is 7.66. The number of hydrogen-bond donors (Lipinski definition) is 0. The number of halogens is 3. The molecule has 2 aliphatic heterocycles. The molecule has 1 unspecified atom stereocenters. The summed E-state index contributed by atoms with van der Waals surface area (Å²) in [5.41, 5.74) is -0.572. The maximum Gasteiger partial charge on any atom is 0.421 e. The van der Waals surface area contributed by atoms with Gasteiger partial charge in [0.25, 0.3) is 5.56 Å². The Kier molecular flexibility index (Phi) is 8.44. The number of hydrogen-bond acceptors (Lipinski definition) is 7. The van der Waals surface area contributed by atoms with Crippen LogP contribution < -0.4 is 15.2 Å². The number of aromatic nitrogens is 4. The van der Waals surface area contributed by atoms with E-state index < -0.39 is 22.9 Å². The zero-order valence-corrected chi connectivity index (χ0v) is 24.9. The third kappa shape index (κ3) is 7.14. The van der Waals surface area contributed by atoms with Crippen LogP contribution in [0.3, 0.4) is 0 Å².